The number of hydrogen-bond acceptors (Lipinski definition) is 5. The molecule has 0 aromatic heterocycles. The van der Waals surface area contributed by atoms with E-state index in [0.29, 0.717) is 15.6 Å². The minimum Gasteiger partial charge on any atom is -0.452 e. The van der Waals surface area contributed by atoms with Crippen LogP contribution >= 0.6 is 23.2 Å². The zero-order chi connectivity index (χ0) is 21.6. The fourth-order valence-electron chi connectivity index (χ4n) is 2.49. The van der Waals surface area contributed by atoms with Gasteiger partial charge < -0.3 is 10.1 Å². The lowest BCUT2D eigenvalue weighted by Crippen LogP contribution is -2.31. The lowest BCUT2D eigenvalue weighted by Gasteiger charge is -2.16. The Morgan fingerprint density at radius 2 is 1.86 bits per heavy atom. The van der Waals surface area contributed by atoms with Crippen LogP contribution in [0.1, 0.15) is 35.8 Å². The maximum atomic E-state index is 12.2. The summed E-state index contributed by atoms with van der Waals surface area (Å²) in [6, 6.07) is 9.85. The van der Waals surface area contributed by atoms with Gasteiger partial charge in [-0.3, -0.25) is 4.79 Å². The maximum absolute atomic E-state index is 12.2. The van der Waals surface area contributed by atoms with E-state index in [9.17, 15) is 18.0 Å². The number of carbonyl (C=O) groups excluding carboxylic acids is 2. The number of carbonyl (C=O) groups is 2. The van der Waals surface area contributed by atoms with Crippen LogP contribution in [0.15, 0.2) is 47.4 Å². The molecule has 7 nitrogen and oxygen atoms in total. The summed E-state index contributed by atoms with van der Waals surface area (Å²) in [6.07, 6.45) is 0. The summed E-state index contributed by atoms with van der Waals surface area (Å²) in [7, 11) is -3.71. The molecule has 0 bridgehead atoms. The van der Waals surface area contributed by atoms with Crippen LogP contribution < -0.4 is 10.0 Å². The molecule has 2 rings (SSSR count). The van der Waals surface area contributed by atoms with Crippen LogP contribution in [0.25, 0.3) is 0 Å². The fraction of sp³-hybridized carbons (Fsp3) is 0.263. The molecule has 29 heavy (non-hydrogen) atoms. The summed E-state index contributed by atoms with van der Waals surface area (Å²) in [5.41, 5.74) is 0.683. The summed E-state index contributed by atoms with van der Waals surface area (Å²) in [5.74, 6) is -1.35. The highest BCUT2D eigenvalue weighted by molar-refractivity contribution is 7.89. The highest BCUT2D eigenvalue weighted by Crippen LogP contribution is 2.26. The Kier molecular flexibility index (Phi) is 8.04. The minimum absolute atomic E-state index is 0.0190. The zero-order valence-corrected chi connectivity index (χ0v) is 18.1. The van der Waals surface area contributed by atoms with Crippen molar-refractivity contribution in [1.29, 1.82) is 0 Å². The molecule has 0 radical (unpaired) electrons. The van der Waals surface area contributed by atoms with Gasteiger partial charge in [0.15, 0.2) is 6.61 Å². The number of halogens is 2. The molecule has 10 heteroatoms. The molecule has 0 aliphatic heterocycles. The van der Waals surface area contributed by atoms with Crippen molar-refractivity contribution in [2.24, 2.45) is 0 Å². The van der Waals surface area contributed by atoms with E-state index in [1.165, 1.54) is 24.3 Å². The topological polar surface area (TPSA) is 102 Å². The molecular formula is C19H20Cl2N2O5S. The molecule has 1 unspecified atom stereocenters. The summed E-state index contributed by atoms with van der Waals surface area (Å²) < 4.78 is 31.4. The first kappa shape index (κ1) is 23.2. The van der Waals surface area contributed by atoms with E-state index < -0.39 is 34.5 Å². The van der Waals surface area contributed by atoms with E-state index in [1.807, 2.05) is 0 Å². The first-order valence-electron chi connectivity index (χ1n) is 8.65. The lowest BCUT2D eigenvalue weighted by atomic mass is 10.1. The van der Waals surface area contributed by atoms with E-state index in [0.717, 1.165) is 0 Å². The summed E-state index contributed by atoms with van der Waals surface area (Å²) >= 11 is 12.0. The molecule has 0 aliphatic carbocycles. The average Bonchev–Trinajstić information content (AvgIpc) is 2.66. The van der Waals surface area contributed by atoms with E-state index in [2.05, 4.69) is 10.0 Å². The number of ether oxygens (including phenoxy) is 1. The largest absolute Gasteiger partial charge is 0.452 e. The number of nitrogens with one attached hydrogen (secondary N) is 2. The second kappa shape index (κ2) is 10.1. The van der Waals surface area contributed by atoms with Gasteiger partial charge in [0.2, 0.25) is 10.0 Å². The van der Waals surface area contributed by atoms with Crippen LogP contribution in [0.2, 0.25) is 10.0 Å². The monoisotopic (exact) mass is 458 g/mol. The first-order valence-corrected chi connectivity index (χ1v) is 10.9. The Bertz CT molecular complexity index is 1010. The number of esters is 1. The standard InChI is InChI=1S/C19H20Cl2N2O5S/c1-3-22-29(26,27)15-6-4-5-13(9-15)19(25)28-11-18(24)23-12(2)16-8-7-14(20)10-17(16)21/h4-10,12,22H,3,11H2,1-2H3,(H,23,24). The van der Waals surface area contributed by atoms with Gasteiger partial charge in [-0.1, -0.05) is 42.3 Å². The molecule has 2 aromatic carbocycles. The number of sulfonamides is 1. The van der Waals surface area contributed by atoms with Gasteiger partial charge in [-0.05, 0) is 42.8 Å². The van der Waals surface area contributed by atoms with Crippen molar-refractivity contribution in [3.63, 3.8) is 0 Å². The van der Waals surface area contributed by atoms with Crippen molar-refractivity contribution in [1.82, 2.24) is 10.0 Å². The number of amides is 1. The SMILES string of the molecule is CCNS(=O)(=O)c1cccc(C(=O)OCC(=O)NC(C)c2ccc(Cl)cc2Cl)c1. The van der Waals surface area contributed by atoms with Crippen LogP contribution in [0.4, 0.5) is 0 Å². The summed E-state index contributed by atoms with van der Waals surface area (Å²) in [5, 5.41) is 3.55. The highest BCUT2D eigenvalue weighted by atomic mass is 35.5. The van der Waals surface area contributed by atoms with Crippen LogP contribution in [-0.2, 0) is 19.6 Å². The van der Waals surface area contributed by atoms with Gasteiger partial charge in [-0.2, -0.15) is 0 Å². The van der Waals surface area contributed by atoms with Gasteiger partial charge in [-0.25, -0.2) is 17.9 Å². The molecule has 2 N–H and O–H groups in total. The Morgan fingerprint density at radius 3 is 2.52 bits per heavy atom. The number of benzene rings is 2. The van der Waals surface area contributed by atoms with Gasteiger partial charge >= 0.3 is 5.97 Å². The Morgan fingerprint density at radius 1 is 1.14 bits per heavy atom. The van der Waals surface area contributed by atoms with Crippen LogP contribution in [0.5, 0.6) is 0 Å². The van der Waals surface area contributed by atoms with Crippen molar-refractivity contribution in [2.45, 2.75) is 24.8 Å². The molecule has 0 saturated carbocycles. The quantitative estimate of drug-likeness (QED) is 0.590. The van der Waals surface area contributed by atoms with Gasteiger partial charge in [0.25, 0.3) is 5.91 Å². The molecule has 0 spiro atoms. The molecule has 0 aliphatic rings. The molecule has 0 heterocycles. The third-order valence-electron chi connectivity index (χ3n) is 3.86. The van der Waals surface area contributed by atoms with E-state index in [-0.39, 0.29) is 17.0 Å². The van der Waals surface area contributed by atoms with Crippen molar-refractivity contribution >= 4 is 45.1 Å². The maximum Gasteiger partial charge on any atom is 0.338 e. The molecule has 0 saturated heterocycles. The van der Waals surface area contributed by atoms with Gasteiger partial charge in [-0.15, -0.1) is 0 Å². The van der Waals surface area contributed by atoms with E-state index >= 15 is 0 Å². The van der Waals surface area contributed by atoms with Crippen molar-refractivity contribution < 1.29 is 22.7 Å². The molecular weight excluding hydrogens is 439 g/mol. The summed E-state index contributed by atoms with van der Waals surface area (Å²) in [4.78, 5) is 24.2. The molecule has 1 amide bonds. The Balaban J connectivity index is 1.97. The molecule has 1 atom stereocenters. The molecule has 156 valence electrons. The molecule has 0 fully saturated rings. The average molecular weight is 459 g/mol. The lowest BCUT2D eigenvalue weighted by molar-refractivity contribution is -0.124. The van der Waals surface area contributed by atoms with Gasteiger partial charge in [0.05, 0.1) is 16.5 Å². The van der Waals surface area contributed by atoms with Gasteiger partial charge in [0, 0.05) is 16.6 Å². The Hall–Kier alpha value is -2.13. The Labute approximate surface area is 179 Å². The van der Waals surface area contributed by atoms with Crippen molar-refractivity contribution in [3.05, 3.63) is 63.6 Å². The predicted molar refractivity (Wildman–Crippen MR) is 111 cm³/mol. The van der Waals surface area contributed by atoms with E-state index in [4.69, 9.17) is 27.9 Å². The van der Waals surface area contributed by atoms with Crippen LogP contribution in [0, 0.1) is 0 Å². The first-order chi connectivity index (χ1) is 13.6. The minimum atomic E-state index is -3.71. The summed E-state index contributed by atoms with van der Waals surface area (Å²) in [6.45, 7) is 3.06. The van der Waals surface area contributed by atoms with Crippen LogP contribution in [-0.4, -0.2) is 33.4 Å². The van der Waals surface area contributed by atoms with Gasteiger partial charge in [0.1, 0.15) is 0 Å². The predicted octanol–water partition coefficient (Wildman–Crippen LogP) is 3.33. The van der Waals surface area contributed by atoms with E-state index in [1.54, 1.807) is 32.0 Å². The second-order valence-electron chi connectivity index (χ2n) is 6.06. The third-order valence-corrected chi connectivity index (χ3v) is 5.96. The highest BCUT2D eigenvalue weighted by Gasteiger charge is 2.18. The normalized spacial score (nSPS) is 12.3. The third kappa shape index (κ3) is 6.43. The zero-order valence-electron chi connectivity index (χ0n) is 15.7. The second-order valence-corrected chi connectivity index (χ2v) is 8.67. The fourth-order valence-corrected chi connectivity index (χ4v) is 4.15. The van der Waals surface area contributed by atoms with Crippen molar-refractivity contribution in [2.75, 3.05) is 13.2 Å². The number of hydrogen-bond donors (Lipinski definition) is 2. The molecule has 2 aromatic rings. The van der Waals surface area contributed by atoms with Crippen LogP contribution in [0.3, 0.4) is 0 Å². The smallest absolute Gasteiger partial charge is 0.338 e. The number of rotatable bonds is 8. The van der Waals surface area contributed by atoms with Crippen molar-refractivity contribution in [3.8, 4) is 0 Å².